The molecular weight excluding hydrogens is 228 g/mol. The molecule has 0 amide bonds. The number of carbonyl (C=O) groups is 1. The third-order valence-electron chi connectivity index (χ3n) is 3.03. The second kappa shape index (κ2) is 6.75. The Morgan fingerprint density at radius 2 is 2.17 bits per heavy atom. The van der Waals surface area contributed by atoms with E-state index in [2.05, 4.69) is 11.0 Å². The predicted molar refractivity (Wildman–Crippen MR) is 69.9 cm³/mol. The summed E-state index contributed by atoms with van der Waals surface area (Å²) in [5, 5.41) is 8.56. The minimum atomic E-state index is -0.424. The maximum absolute atomic E-state index is 12.1. The van der Waals surface area contributed by atoms with E-state index < -0.39 is 5.60 Å². The molecule has 0 aromatic carbocycles. The summed E-state index contributed by atoms with van der Waals surface area (Å²) in [5.74, 6) is -0.112. The van der Waals surface area contributed by atoms with Gasteiger partial charge in [-0.2, -0.15) is 5.26 Å². The van der Waals surface area contributed by atoms with Crippen molar-refractivity contribution in [3.63, 3.8) is 0 Å². The first-order valence-corrected chi connectivity index (χ1v) is 6.78. The van der Waals surface area contributed by atoms with Crippen molar-refractivity contribution >= 4 is 5.97 Å². The first-order chi connectivity index (χ1) is 8.44. The lowest BCUT2D eigenvalue weighted by atomic mass is 10.0. The van der Waals surface area contributed by atoms with E-state index in [1.807, 2.05) is 20.8 Å². The number of nitrogens with zero attached hydrogens (tertiary/aromatic N) is 2. The second-order valence-corrected chi connectivity index (χ2v) is 5.84. The Labute approximate surface area is 110 Å². The molecule has 1 saturated heterocycles. The summed E-state index contributed by atoms with van der Waals surface area (Å²) in [4.78, 5) is 14.3. The van der Waals surface area contributed by atoms with Gasteiger partial charge in [0.25, 0.3) is 0 Å². The van der Waals surface area contributed by atoms with Crippen LogP contribution in [0.15, 0.2) is 0 Å². The van der Waals surface area contributed by atoms with Crippen molar-refractivity contribution in [2.75, 3.05) is 13.1 Å². The Morgan fingerprint density at radius 1 is 1.44 bits per heavy atom. The van der Waals surface area contributed by atoms with E-state index in [1.54, 1.807) is 0 Å². The topological polar surface area (TPSA) is 53.3 Å². The van der Waals surface area contributed by atoms with Crippen molar-refractivity contribution in [3.05, 3.63) is 0 Å². The van der Waals surface area contributed by atoms with Gasteiger partial charge in [0.05, 0.1) is 6.07 Å². The van der Waals surface area contributed by atoms with Gasteiger partial charge >= 0.3 is 5.97 Å². The fourth-order valence-electron chi connectivity index (χ4n) is 2.26. The summed E-state index contributed by atoms with van der Waals surface area (Å²) >= 11 is 0. The number of unbranched alkanes of at least 4 members (excludes halogenated alkanes) is 1. The number of nitriles is 1. The van der Waals surface area contributed by atoms with Gasteiger partial charge in [-0.25, -0.2) is 0 Å². The Morgan fingerprint density at radius 3 is 2.78 bits per heavy atom. The van der Waals surface area contributed by atoms with Gasteiger partial charge in [0.1, 0.15) is 11.6 Å². The van der Waals surface area contributed by atoms with Crippen molar-refractivity contribution in [2.45, 2.75) is 64.5 Å². The minimum Gasteiger partial charge on any atom is -0.459 e. The quantitative estimate of drug-likeness (QED) is 0.570. The maximum Gasteiger partial charge on any atom is 0.323 e. The standard InChI is InChI=1S/C14H24N2O2/c1-14(2,3)18-13(17)12-8-4-6-10-16(12)11-7-5-9-15/h12H,4-8,10-11H2,1-3H3. The number of likely N-dealkylation sites (tertiary alicyclic amines) is 1. The molecule has 4 nitrogen and oxygen atoms in total. The summed E-state index contributed by atoms with van der Waals surface area (Å²) in [6.45, 7) is 7.45. The highest BCUT2D eigenvalue weighted by Gasteiger charge is 2.31. The molecule has 0 aromatic rings. The van der Waals surface area contributed by atoms with E-state index in [-0.39, 0.29) is 12.0 Å². The van der Waals surface area contributed by atoms with Crippen molar-refractivity contribution in [2.24, 2.45) is 0 Å². The van der Waals surface area contributed by atoms with Crippen LogP contribution in [-0.2, 0) is 9.53 Å². The van der Waals surface area contributed by atoms with Gasteiger partial charge < -0.3 is 4.74 Å². The minimum absolute atomic E-state index is 0.112. The molecule has 1 aliphatic heterocycles. The van der Waals surface area contributed by atoms with Gasteiger partial charge in [0.2, 0.25) is 0 Å². The van der Waals surface area contributed by atoms with E-state index in [0.29, 0.717) is 6.42 Å². The van der Waals surface area contributed by atoms with Gasteiger partial charge in [-0.05, 0) is 53.1 Å². The molecule has 1 aliphatic rings. The zero-order valence-corrected chi connectivity index (χ0v) is 11.7. The van der Waals surface area contributed by atoms with Crippen molar-refractivity contribution in [3.8, 4) is 6.07 Å². The largest absolute Gasteiger partial charge is 0.459 e. The lowest BCUT2D eigenvalue weighted by molar-refractivity contribution is -0.162. The monoisotopic (exact) mass is 252 g/mol. The van der Waals surface area contributed by atoms with Crippen LogP contribution in [0.2, 0.25) is 0 Å². The fourth-order valence-corrected chi connectivity index (χ4v) is 2.26. The molecule has 0 radical (unpaired) electrons. The smallest absolute Gasteiger partial charge is 0.323 e. The molecule has 102 valence electrons. The lowest BCUT2D eigenvalue weighted by Gasteiger charge is -2.35. The summed E-state index contributed by atoms with van der Waals surface area (Å²) in [6, 6.07) is 2.03. The fraction of sp³-hybridized carbons (Fsp3) is 0.857. The number of carbonyl (C=O) groups excluding carboxylic acids is 1. The molecule has 0 bridgehead atoms. The van der Waals surface area contributed by atoms with Crippen LogP contribution >= 0.6 is 0 Å². The van der Waals surface area contributed by atoms with E-state index in [4.69, 9.17) is 10.00 Å². The summed E-state index contributed by atoms with van der Waals surface area (Å²) < 4.78 is 5.47. The number of rotatable bonds is 4. The molecule has 0 spiro atoms. The van der Waals surface area contributed by atoms with Crippen LogP contribution in [0.5, 0.6) is 0 Å². The molecule has 0 aliphatic carbocycles. The predicted octanol–water partition coefficient (Wildman–Crippen LogP) is 2.49. The number of hydrogen-bond donors (Lipinski definition) is 0. The zero-order chi connectivity index (χ0) is 13.6. The van der Waals surface area contributed by atoms with Crippen LogP contribution in [0.3, 0.4) is 0 Å². The third kappa shape index (κ3) is 5.05. The average Bonchev–Trinajstić information content (AvgIpc) is 2.27. The summed E-state index contributed by atoms with van der Waals surface area (Å²) in [5.41, 5.74) is -0.424. The molecule has 1 rings (SSSR count). The molecule has 0 aromatic heterocycles. The highest BCUT2D eigenvalue weighted by atomic mass is 16.6. The van der Waals surface area contributed by atoms with Crippen LogP contribution in [-0.4, -0.2) is 35.6 Å². The normalized spacial score (nSPS) is 21.3. The Bertz CT molecular complexity index is 315. The highest BCUT2D eigenvalue weighted by Crippen LogP contribution is 2.21. The number of hydrogen-bond acceptors (Lipinski definition) is 4. The molecule has 0 N–H and O–H groups in total. The highest BCUT2D eigenvalue weighted by molar-refractivity contribution is 5.76. The molecule has 0 saturated carbocycles. The summed E-state index contributed by atoms with van der Waals surface area (Å²) in [6.07, 6.45) is 4.47. The molecule has 4 heteroatoms. The number of ether oxygens (including phenoxy) is 1. The van der Waals surface area contributed by atoms with Crippen molar-refractivity contribution < 1.29 is 9.53 Å². The molecule has 1 fully saturated rings. The van der Waals surface area contributed by atoms with Crippen LogP contribution in [0, 0.1) is 11.3 Å². The van der Waals surface area contributed by atoms with Gasteiger partial charge in [-0.15, -0.1) is 0 Å². The van der Waals surface area contributed by atoms with E-state index >= 15 is 0 Å². The number of esters is 1. The molecule has 1 unspecified atom stereocenters. The van der Waals surface area contributed by atoms with E-state index in [9.17, 15) is 4.79 Å². The second-order valence-electron chi connectivity index (χ2n) is 5.84. The van der Waals surface area contributed by atoms with Gasteiger partial charge in [-0.1, -0.05) is 6.42 Å². The van der Waals surface area contributed by atoms with Gasteiger partial charge in [0, 0.05) is 6.42 Å². The number of piperidine rings is 1. The first-order valence-electron chi connectivity index (χ1n) is 6.78. The average molecular weight is 252 g/mol. The van der Waals surface area contributed by atoms with Crippen LogP contribution < -0.4 is 0 Å². The van der Waals surface area contributed by atoms with Gasteiger partial charge in [0.15, 0.2) is 0 Å². The van der Waals surface area contributed by atoms with Crippen LogP contribution in [0.1, 0.15) is 52.9 Å². The van der Waals surface area contributed by atoms with Crippen LogP contribution in [0.25, 0.3) is 0 Å². The third-order valence-corrected chi connectivity index (χ3v) is 3.03. The zero-order valence-electron chi connectivity index (χ0n) is 11.7. The van der Waals surface area contributed by atoms with Crippen molar-refractivity contribution in [1.29, 1.82) is 5.26 Å². The SMILES string of the molecule is CC(C)(C)OC(=O)C1CCCCN1CCCC#N. The molecule has 1 atom stereocenters. The van der Waals surface area contributed by atoms with E-state index in [0.717, 1.165) is 38.8 Å². The lowest BCUT2D eigenvalue weighted by Crippen LogP contribution is -2.47. The Balaban J connectivity index is 2.53. The first kappa shape index (κ1) is 15.0. The molecule has 18 heavy (non-hydrogen) atoms. The molecular formula is C14H24N2O2. The van der Waals surface area contributed by atoms with Gasteiger partial charge in [-0.3, -0.25) is 9.69 Å². The summed E-state index contributed by atoms with van der Waals surface area (Å²) in [7, 11) is 0. The molecule has 1 heterocycles. The van der Waals surface area contributed by atoms with Crippen molar-refractivity contribution in [1.82, 2.24) is 4.90 Å². The Kier molecular flexibility index (Phi) is 5.61. The Hall–Kier alpha value is -1.08. The van der Waals surface area contributed by atoms with E-state index in [1.165, 1.54) is 0 Å². The maximum atomic E-state index is 12.1. The van der Waals surface area contributed by atoms with Crippen LogP contribution in [0.4, 0.5) is 0 Å².